The number of carbonyl (C=O) groups is 1. The Kier molecular flexibility index (Phi) is 8.83. The number of hydrogen-bond donors (Lipinski definition) is 2. The molecule has 3 aromatic carbocycles. The first-order valence-electron chi connectivity index (χ1n) is 14.7. The quantitative estimate of drug-likeness (QED) is 0.293. The van der Waals surface area contributed by atoms with E-state index in [4.69, 9.17) is 23.7 Å². The number of ether oxygens (including phenoxy) is 5. The highest BCUT2D eigenvalue weighted by Gasteiger charge is 2.27. The Labute approximate surface area is 254 Å². The maximum Gasteiger partial charge on any atom is 0.308 e. The fourth-order valence-electron chi connectivity index (χ4n) is 5.99. The second kappa shape index (κ2) is 12.8. The summed E-state index contributed by atoms with van der Waals surface area (Å²) in [7, 11) is -1.00. The zero-order chi connectivity index (χ0) is 30.0. The van der Waals surface area contributed by atoms with Gasteiger partial charge in [-0.25, -0.2) is 0 Å². The van der Waals surface area contributed by atoms with Gasteiger partial charge in [-0.1, -0.05) is 12.1 Å². The Morgan fingerprint density at radius 3 is 2.65 bits per heavy atom. The molecule has 1 fully saturated rings. The molecule has 2 N–H and O–H groups in total. The van der Waals surface area contributed by atoms with Gasteiger partial charge in [0.05, 0.1) is 44.4 Å². The molecule has 0 unspecified atom stereocenters. The van der Waals surface area contributed by atoms with Crippen LogP contribution < -0.4 is 14.2 Å². The van der Waals surface area contributed by atoms with Gasteiger partial charge < -0.3 is 23.7 Å². The third kappa shape index (κ3) is 6.94. The molecule has 3 aliphatic rings. The van der Waals surface area contributed by atoms with Crippen molar-refractivity contribution < 1.29 is 37.6 Å². The monoisotopic (exact) mass is 609 g/mol. The van der Waals surface area contributed by atoms with E-state index in [2.05, 4.69) is 30.0 Å². The number of methoxy groups -OCH3 is 1. The van der Waals surface area contributed by atoms with Crippen LogP contribution in [0.2, 0.25) is 0 Å². The molecule has 0 saturated carbocycles. The molecule has 9 nitrogen and oxygen atoms in total. The van der Waals surface area contributed by atoms with Gasteiger partial charge in [-0.15, -0.1) is 0 Å². The molecule has 0 radical (unpaired) electrons. The summed E-state index contributed by atoms with van der Waals surface area (Å²) in [5, 5.41) is 0. The minimum Gasteiger partial charge on any atom is -0.493 e. The molecule has 3 heterocycles. The van der Waals surface area contributed by atoms with Crippen molar-refractivity contribution in [3.8, 4) is 28.4 Å². The third-order valence-corrected chi connectivity index (χ3v) is 10.0. The molecule has 1 atom stereocenters. The van der Waals surface area contributed by atoms with Crippen LogP contribution in [-0.4, -0.2) is 71.4 Å². The van der Waals surface area contributed by atoms with Gasteiger partial charge in [0, 0.05) is 31.6 Å². The van der Waals surface area contributed by atoms with Gasteiger partial charge in [-0.3, -0.25) is 18.8 Å². The average molecular weight is 610 g/mol. The first kappa shape index (κ1) is 29.8. The fraction of sp³-hybridized carbons (Fsp3) is 0.424. The minimum absolute atomic E-state index is 0.200. The van der Waals surface area contributed by atoms with Crippen LogP contribution >= 0.6 is 10.6 Å². The van der Waals surface area contributed by atoms with E-state index in [1.54, 1.807) is 0 Å². The smallest absolute Gasteiger partial charge is 0.308 e. The molecular weight excluding hydrogens is 570 g/mol. The summed E-state index contributed by atoms with van der Waals surface area (Å²) in [6.45, 7) is 6.23. The van der Waals surface area contributed by atoms with Crippen LogP contribution in [0.3, 0.4) is 0 Å². The molecular formula is C33H39NO8S. The molecule has 1 saturated heterocycles. The average Bonchev–Trinajstić information content (AvgIpc) is 3.28. The molecule has 0 aliphatic carbocycles. The van der Waals surface area contributed by atoms with Gasteiger partial charge >= 0.3 is 5.97 Å². The first-order chi connectivity index (χ1) is 20.8. The van der Waals surface area contributed by atoms with Crippen LogP contribution in [-0.2, 0) is 33.9 Å². The summed E-state index contributed by atoms with van der Waals surface area (Å²) in [5.74, 6) is 3.06. The van der Waals surface area contributed by atoms with Crippen LogP contribution in [0.15, 0.2) is 48.5 Å². The van der Waals surface area contributed by atoms with Gasteiger partial charge in [0.2, 0.25) is 0 Å². The Hall–Kier alpha value is -3.28. The third-order valence-electron chi connectivity index (χ3n) is 8.36. The van der Waals surface area contributed by atoms with Crippen LogP contribution in [0.5, 0.6) is 17.2 Å². The molecule has 0 aromatic heterocycles. The lowest BCUT2D eigenvalue weighted by Crippen LogP contribution is -2.40. The molecule has 230 valence electrons. The first-order valence-corrected chi connectivity index (χ1v) is 16.6. The summed E-state index contributed by atoms with van der Waals surface area (Å²) in [5.41, 5.74) is 7.62. The summed E-state index contributed by atoms with van der Waals surface area (Å²) < 4.78 is 48.8. The predicted molar refractivity (Wildman–Crippen MR) is 165 cm³/mol. The highest BCUT2D eigenvalue weighted by molar-refractivity contribution is 8.24. The van der Waals surface area contributed by atoms with Crippen molar-refractivity contribution in [1.82, 2.24) is 4.90 Å². The zero-order valence-electron chi connectivity index (χ0n) is 24.7. The van der Waals surface area contributed by atoms with Crippen LogP contribution in [0, 0.1) is 6.92 Å². The van der Waals surface area contributed by atoms with Crippen molar-refractivity contribution in [2.45, 2.75) is 39.1 Å². The van der Waals surface area contributed by atoms with Crippen LogP contribution in [0.4, 0.5) is 0 Å². The number of fused-ring (bicyclic) bond motifs is 4. The van der Waals surface area contributed by atoms with Crippen molar-refractivity contribution >= 4 is 16.6 Å². The Morgan fingerprint density at radius 2 is 1.84 bits per heavy atom. The van der Waals surface area contributed by atoms with E-state index >= 15 is 0 Å². The molecule has 6 rings (SSSR count). The molecule has 3 aliphatic heterocycles. The van der Waals surface area contributed by atoms with E-state index < -0.39 is 10.6 Å². The molecule has 10 heteroatoms. The molecule has 0 amide bonds. The van der Waals surface area contributed by atoms with Crippen molar-refractivity contribution in [1.29, 1.82) is 0 Å². The van der Waals surface area contributed by atoms with Crippen molar-refractivity contribution in [2.24, 2.45) is 0 Å². The number of rotatable bonds is 9. The van der Waals surface area contributed by atoms with E-state index in [9.17, 15) is 13.9 Å². The van der Waals surface area contributed by atoms with Crippen molar-refractivity contribution in [2.75, 3.05) is 51.5 Å². The van der Waals surface area contributed by atoms with E-state index in [-0.39, 0.29) is 18.5 Å². The van der Waals surface area contributed by atoms with E-state index in [1.165, 1.54) is 18.2 Å². The second-order valence-corrected chi connectivity index (χ2v) is 13.8. The van der Waals surface area contributed by atoms with Crippen molar-refractivity contribution in [3.05, 3.63) is 76.3 Å². The summed E-state index contributed by atoms with van der Waals surface area (Å²) in [6, 6.07) is 16.3. The minimum atomic E-state index is -2.39. The molecule has 0 bridgehead atoms. The maximum atomic E-state index is 11.7. The normalized spacial score (nSPS) is 19.7. The lowest BCUT2D eigenvalue weighted by atomic mass is 9.92. The van der Waals surface area contributed by atoms with Gasteiger partial charge in [0.25, 0.3) is 0 Å². The number of aryl methyl sites for hydroxylation is 1. The topological polar surface area (TPSA) is 107 Å². The Balaban J connectivity index is 1.12. The lowest BCUT2D eigenvalue weighted by Gasteiger charge is -2.40. The maximum absolute atomic E-state index is 11.7. The van der Waals surface area contributed by atoms with Crippen LogP contribution in [0.1, 0.15) is 40.3 Å². The highest BCUT2D eigenvalue weighted by atomic mass is 32.3. The lowest BCUT2D eigenvalue weighted by molar-refractivity contribution is -0.143. The highest BCUT2D eigenvalue weighted by Crippen LogP contribution is 2.42. The standard InChI is InChI=1S/C33H39NO8S/c1-22-15-27(39-12-8-34-9-13-43(36,37)14-10-34)17-24-7-11-40-30-6-3-23(16-29(30)33(22)24)20-41-26-4-5-28-25(18-26)21-42-31(28)19-32(35)38-2/h3-6,15-18,31,36-37H,7-14,19-21H2,1-2H3/t31-/m0/s1. The molecule has 43 heavy (non-hydrogen) atoms. The van der Waals surface area contributed by atoms with Gasteiger partial charge in [0.15, 0.2) is 0 Å². The Morgan fingerprint density at radius 1 is 1.02 bits per heavy atom. The van der Waals surface area contributed by atoms with E-state index in [0.29, 0.717) is 51.0 Å². The van der Waals surface area contributed by atoms with Gasteiger partial charge in [-0.05, 0) is 76.7 Å². The van der Waals surface area contributed by atoms with Gasteiger partial charge in [-0.2, -0.15) is 10.6 Å². The summed E-state index contributed by atoms with van der Waals surface area (Å²) >= 11 is 0. The summed E-state index contributed by atoms with van der Waals surface area (Å²) in [4.78, 5) is 13.9. The second-order valence-electron chi connectivity index (χ2n) is 11.3. The Bertz CT molecular complexity index is 1480. The summed E-state index contributed by atoms with van der Waals surface area (Å²) in [6.07, 6.45) is 0.702. The number of esters is 1. The number of hydrogen-bond acceptors (Lipinski definition) is 9. The molecule has 0 spiro atoms. The van der Waals surface area contributed by atoms with Crippen molar-refractivity contribution in [3.63, 3.8) is 0 Å². The molecule has 3 aromatic rings. The number of benzene rings is 3. The van der Waals surface area contributed by atoms with Crippen LogP contribution in [0.25, 0.3) is 11.1 Å². The van der Waals surface area contributed by atoms with Gasteiger partial charge in [0.1, 0.15) is 30.5 Å². The van der Waals surface area contributed by atoms with E-state index in [0.717, 1.165) is 58.0 Å². The number of carbonyl (C=O) groups excluding carboxylic acids is 1. The predicted octanol–water partition coefficient (Wildman–Crippen LogP) is 5.76. The van der Waals surface area contributed by atoms with E-state index in [1.807, 2.05) is 30.3 Å². The fourth-order valence-corrected chi connectivity index (χ4v) is 7.30. The zero-order valence-corrected chi connectivity index (χ0v) is 25.5. The number of nitrogens with zero attached hydrogens (tertiary/aromatic N) is 1. The SMILES string of the molecule is COC(=O)C[C@@H]1OCc2cc(OCc3ccc4c(c3)-c3c(C)cc(OCCN5CCS(O)(O)CC5)cc3CCO4)ccc21. The largest absolute Gasteiger partial charge is 0.493 e.